The van der Waals surface area contributed by atoms with Gasteiger partial charge in [0.2, 0.25) is 0 Å². The van der Waals surface area contributed by atoms with Crippen molar-refractivity contribution in [1.29, 1.82) is 0 Å². The quantitative estimate of drug-likeness (QED) is 0.462. The lowest BCUT2D eigenvalue weighted by molar-refractivity contribution is 0.599. The van der Waals surface area contributed by atoms with E-state index in [1.165, 1.54) is 6.07 Å². The second-order valence-electron chi connectivity index (χ2n) is 4.38. The monoisotopic (exact) mass is 323 g/mol. The van der Waals surface area contributed by atoms with E-state index in [1.807, 2.05) is 18.2 Å². The van der Waals surface area contributed by atoms with Crippen molar-refractivity contribution in [2.24, 2.45) is 5.84 Å². The molecule has 0 amide bonds. The van der Waals surface area contributed by atoms with Gasteiger partial charge in [-0.15, -0.1) is 0 Å². The first kappa shape index (κ1) is 14.0. The van der Waals surface area contributed by atoms with Crippen LogP contribution < -0.4 is 17.0 Å². The average molecular weight is 324 g/mol. The van der Waals surface area contributed by atoms with Crippen molar-refractivity contribution < 1.29 is 4.39 Å². The second kappa shape index (κ2) is 5.69. The molecule has 0 fully saturated rings. The Morgan fingerprint density at radius 3 is 2.58 bits per heavy atom. The SMILES string of the molecule is Cc1ccc(C(NN)c2cc(Br)ccc2N)cc1F. The fourth-order valence-corrected chi connectivity index (χ4v) is 2.33. The van der Waals surface area contributed by atoms with Crippen molar-refractivity contribution in [3.8, 4) is 0 Å². The number of nitrogen functional groups attached to an aromatic ring is 1. The maximum atomic E-state index is 13.7. The lowest BCUT2D eigenvalue weighted by Crippen LogP contribution is -2.29. The van der Waals surface area contributed by atoms with Crippen LogP contribution in [-0.4, -0.2) is 0 Å². The van der Waals surface area contributed by atoms with Crippen LogP contribution in [0, 0.1) is 12.7 Å². The van der Waals surface area contributed by atoms with Gasteiger partial charge in [0.1, 0.15) is 5.82 Å². The molecule has 0 aliphatic heterocycles. The molecule has 5 heteroatoms. The summed E-state index contributed by atoms with van der Waals surface area (Å²) in [5, 5.41) is 0. The molecule has 0 aliphatic carbocycles. The molecule has 0 heterocycles. The molecule has 19 heavy (non-hydrogen) atoms. The van der Waals surface area contributed by atoms with Gasteiger partial charge in [0.25, 0.3) is 0 Å². The van der Waals surface area contributed by atoms with Crippen molar-refractivity contribution in [1.82, 2.24) is 5.43 Å². The summed E-state index contributed by atoms with van der Waals surface area (Å²) in [6, 6.07) is 10.2. The first-order valence-corrected chi connectivity index (χ1v) is 6.59. The van der Waals surface area contributed by atoms with Crippen LogP contribution in [0.1, 0.15) is 22.7 Å². The van der Waals surface area contributed by atoms with Gasteiger partial charge in [0.05, 0.1) is 6.04 Å². The minimum atomic E-state index is -0.354. The van der Waals surface area contributed by atoms with Crippen molar-refractivity contribution in [2.45, 2.75) is 13.0 Å². The molecule has 2 aromatic rings. The smallest absolute Gasteiger partial charge is 0.126 e. The van der Waals surface area contributed by atoms with Gasteiger partial charge in [-0.2, -0.15) is 0 Å². The molecule has 0 aliphatic rings. The van der Waals surface area contributed by atoms with Crippen LogP contribution in [0.5, 0.6) is 0 Å². The zero-order chi connectivity index (χ0) is 14.0. The van der Waals surface area contributed by atoms with Crippen LogP contribution in [0.25, 0.3) is 0 Å². The Kier molecular flexibility index (Phi) is 4.19. The summed E-state index contributed by atoms with van der Waals surface area (Å²) in [5.74, 6) is 5.34. The van der Waals surface area contributed by atoms with Crippen molar-refractivity contribution in [2.75, 3.05) is 5.73 Å². The Balaban J connectivity index is 2.49. The second-order valence-corrected chi connectivity index (χ2v) is 5.30. The van der Waals surface area contributed by atoms with Crippen LogP contribution >= 0.6 is 15.9 Å². The Morgan fingerprint density at radius 1 is 1.21 bits per heavy atom. The van der Waals surface area contributed by atoms with Gasteiger partial charge in [-0.1, -0.05) is 28.1 Å². The van der Waals surface area contributed by atoms with E-state index in [-0.39, 0.29) is 11.9 Å². The van der Waals surface area contributed by atoms with Gasteiger partial charge in [-0.25, -0.2) is 9.82 Å². The Hall–Kier alpha value is -1.43. The summed E-state index contributed by atoms with van der Waals surface area (Å²) in [5.41, 5.74) is 11.4. The number of rotatable bonds is 3. The van der Waals surface area contributed by atoms with Gasteiger partial charge in [0, 0.05) is 10.2 Å². The van der Waals surface area contributed by atoms with E-state index in [1.54, 1.807) is 19.1 Å². The molecular formula is C14H15BrFN3. The predicted octanol–water partition coefficient (Wildman–Crippen LogP) is 3.03. The highest BCUT2D eigenvalue weighted by molar-refractivity contribution is 9.10. The number of hydrazine groups is 1. The van der Waals surface area contributed by atoms with Crippen LogP contribution in [-0.2, 0) is 0 Å². The summed E-state index contributed by atoms with van der Waals surface area (Å²) in [7, 11) is 0. The largest absolute Gasteiger partial charge is 0.398 e. The van der Waals surface area contributed by atoms with Crippen LogP contribution in [0.2, 0.25) is 0 Å². The number of nitrogens with one attached hydrogen (secondary N) is 1. The summed E-state index contributed by atoms with van der Waals surface area (Å²) < 4.78 is 14.6. The molecule has 1 unspecified atom stereocenters. The van der Waals surface area contributed by atoms with Gasteiger partial charge >= 0.3 is 0 Å². The van der Waals surface area contributed by atoms with E-state index in [4.69, 9.17) is 11.6 Å². The topological polar surface area (TPSA) is 64.1 Å². The fraction of sp³-hybridized carbons (Fsp3) is 0.143. The number of aryl methyl sites for hydroxylation is 1. The highest BCUT2D eigenvalue weighted by atomic mass is 79.9. The fourth-order valence-electron chi connectivity index (χ4n) is 1.95. The highest BCUT2D eigenvalue weighted by Crippen LogP contribution is 2.29. The van der Waals surface area contributed by atoms with E-state index in [0.29, 0.717) is 11.3 Å². The van der Waals surface area contributed by atoms with Gasteiger partial charge in [-0.05, 0) is 47.9 Å². The standard InChI is InChI=1S/C14H15BrFN3/c1-8-2-3-9(6-12(8)16)14(19-18)11-7-10(15)4-5-13(11)17/h2-7,14,19H,17-18H2,1H3. The zero-order valence-corrected chi connectivity index (χ0v) is 12.0. The van der Waals surface area contributed by atoms with Crippen molar-refractivity contribution in [3.05, 3.63) is 63.4 Å². The molecule has 0 bridgehead atoms. The Bertz CT molecular complexity index is 601. The van der Waals surface area contributed by atoms with Crippen molar-refractivity contribution >= 4 is 21.6 Å². The number of anilines is 1. The summed E-state index contributed by atoms with van der Waals surface area (Å²) in [4.78, 5) is 0. The molecule has 2 rings (SSSR count). The van der Waals surface area contributed by atoms with E-state index < -0.39 is 0 Å². The third kappa shape index (κ3) is 2.94. The molecule has 0 radical (unpaired) electrons. The minimum Gasteiger partial charge on any atom is -0.398 e. The molecule has 0 saturated carbocycles. The van der Waals surface area contributed by atoms with Crippen LogP contribution in [0.3, 0.4) is 0 Å². The molecular weight excluding hydrogens is 309 g/mol. The molecule has 1 atom stereocenters. The molecule has 0 aromatic heterocycles. The third-order valence-electron chi connectivity index (χ3n) is 3.06. The lowest BCUT2D eigenvalue weighted by Gasteiger charge is -2.19. The highest BCUT2D eigenvalue weighted by Gasteiger charge is 2.16. The van der Waals surface area contributed by atoms with E-state index >= 15 is 0 Å². The van der Waals surface area contributed by atoms with E-state index in [9.17, 15) is 4.39 Å². The van der Waals surface area contributed by atoms with Crippen LogP contribution in [0.4, 0.5) is 10.1 Å². The van der Waals surface area contributed by atoms with Gasteiger partial charge in [-0.3, -0.25) is 5.84 Å². The molecule has 2 aromatic carbocycles. The zero-order valence-electron chi connectivity index (χ0n) is 10.5. The number of halogens is 2. The average Bonchev–Trinajstić information content (AvgIpc) is 2.38. The number of hydrogen-bond acceptors (Lipinski definition) is 3. The maximum absolute atomic E-state index is 13.7. The van der Waals surface area contributed by atoms with Crippen molar-refractivity contribution in [3.63, 3.8) is 0 Å². The molecule has 3 nitrogen and oxygen atoms in total. The predicted molar refractivity (Wildman–Crippen MR) is 78.9 cm³/mol. The normalized spacial score (nSPS) is 12.4. The van der Waals surface area contributed by atoms with Crippen LogP contribution in [0.15, 0.2) is 40.9 Å². The van der Waals surface area contributed by atoms with Gasteiger partial charge < -0.3 is 5.73 Å². The summed E-state index contributed by atoms with van der Waals surface area (Å²) in [6.07, 6.45) is 0. The Morgan fingerprint density at radius 2 is 1.95 bits per heavy atom. The van der Waals surface area contributed by atoms with E-state index in [0.717, 1.165) is 15.6 Å². The van der Waals surface area contributed by atoms with Gasteiger partial charge in [0.15, 0.2) is 0 Å². The molecule has 100 valence electrons. The molecule has 5 N–H and O–H groups in total. The van der Waals surface area contributed by atoms with E-state index in [2.05, 4.69) is 21.4 Å². The Labute approximate surface area is 119 Å². The first-order valence-electron chi connectivity index (χ1n) is 5.80. The lowest BCUT2D eigenvalue weighted by atomic mass is 9.97. The third-order valence-corrected chi connectivity index (χ3v) is 3.55. The maximum Gasteiger partial charge on any atom is 0.126 e. The summed E-state index contributed by atoms with van der Waals surface area (Å²) >= 11 is 3.39. The minimum absolute atomic E-state index is 0.258. The molecule has 0 saturated heterocycles. The number of nitrogens with two attached hydrogens (primary N) is 2. The summed E-state index contributed by atoms with van der Waals surface area (Å²) in [6.45, 7) is 1.72. The molecule has 0 spiro atoms. The number of benzene rings is 2. The number of hydrogen-bond donors (Lipinski definition) is 3. The first-order chi connectivity index (χ1) is 9.02.